The number of furan rings is 1. The second kappa shape index (κ2) is 4.83. The van der Waals surface area contributed by atoms with Gasteiger partial charge in [0.1, 0.15) is 16.4 Å². The highest BCUT2D eigenvalue weighted by molar-refractivity contribution is 7.89. The summed E-state index contributed by atoms with van der Waals surface area (Å²) in [5.74, 6) is 1.17. The van der Waals surface area contributed by atoms with E-state index in [2.05, 4.69) is 23.9 Å². The molecular weight excluding hydrogens is 288 g/mol. The van der Waals surface area contributed by atoms with E-state index in [4.69, 9.17) is 4.42 Å². The second-order valence-electron chi connectivity index (χ2n) is 7.04. The van der Waals surface area contributed by atoms with Crippen molar-refractivity contribution in [3.05, 3.63) is 17.1 Å². The summed E-state index contributed by atoms with van der Waals surface area (Å²) in [5.41, 5.74) is 0.831. The average Bonchev–Trinajstić information content (AvgIpc) is 3.22. The maximum absolute atomic E-state index is 12.7. The summed E-state index contributed by atoms with van der Waals surface area (Å²) in [7, 11) is -3.52. The predicted molar refractivity (Wildman–Crippen MR) is 80.6 cm³/mol. The minimum absolute atomic E-state index is 0.0290. The van der Waals surface area contributed by atoms with Gasteiger partial charge >= 0.3 is 0 Å². The van der Waals surface area contributed by atoms with E-state index in [9.17, 15) is 8.42 Å². The molecular formula is C15H24N2O3S. The van der Waals surface area contributed by atoms with Gasteiger partial charge in [0.05, 0.1) is 0 Å². The van der Waals surface area contributed by atoms with Gasteiger partial charge in [0.15, 0.2) is 0 Å². The Morgan fingerprint density at radius 1 is 1.24 bits per heavy atom. The fourth-order valence-electron chi connectivity index (χ4n) is 2.71. The highest BCUT2D eigenvalue weighted by Gasteiger charge is 2.48. The van der Waals surface area contributed by atoms with Crippen molar-refractivity contribution in [1.29, 1.82) is 0 Å². The van der Waals surface area contributed by atoms with Crippen LogP contribution in [0, 0.1) is 19.3 Å². The van der Waals surface area contributed by atoms with Gasteiger partial charge < -0.3 is 9.73 Å². The molecule has 3 rings (SSSR count). The van der Waals surface area contributed by atoms with Crippen molar-refractivity contribution in [2.24, 2.45) is 5.41 Å². The monoisotopic (exact) mass is 312 g/mol. The third-order valence-electron chi connectivity index (χ3n) is 4.55. The van der Waals surface area contributed by atoms with Gasteiger partial charge in [-0.05, 0) is 38.5 Å². The van der Waals surface area contributed by atoms with Crippen LogP contribution < -0.4 is 10.0 Å². The summed E-state index contributed by atoms with van der Waals surface area (Å²) in [4.78, 5) is 0.329. The molecule has 0 aliphatic heterocycles. The van der Waals surface area contributed by atoms with Gasteiger partial charge in [-0.3, -0.25) is 0 Å². The summed E-state index contributed by atoms with van der Waals surface area (Å²) >= 11 is 0. The Balaban J connectivity index is 1.85. The molecule has 118 valence electrons. The van der Waals surface area contributed by atoms with Crippen LogP contribution in [0.15, 0.2) is 9.31 Å². The first-order valence-electron chi connectivity index (χ1n) is 7.55. The molecule has 0 aromatic carbocycles. The molecule has 1 atom stereocenters. The van der Waals surface area contributed by atoms with E-state index in [1.165, 1.54) is 12.8 Å². The van der Waals surface area contributed by atoms with E-state index < -0.39 is 10.0 Å². The highest BCUT2D eigenvalue weighted by atomic mass is 32.2. The molecule has 1 aromatic heterocycles. The SMILES string of the molecule is Cc1oc(C)c(S(=O)(=O)NC2CC2(C)C)c1CNC1CC1. The molecule has 2 aliphatic carbocycles. The number of sulfonamides is 1. The van der Waals surface area contributed by atoms with Crippen LogP contribution in [-0.2, 0) is 16.6 Å². The predicted octanol–water partition coefficient (Wildman–Crippen LogP) is 2.23. The van der Waals surface area contributed by atoms with E-state index in [0.29, 0.717) is 29.0 Å². The smallest absolute Gasteiger partial charge is 0.244 e. The molecule has 0 spiro atoms. The van der Waals surface area contributed by atoms with E-state index in [1.54, 1.807) is 6.92 Å². The van der Waals surface area contributed by atoms with Crippen LogP contribution in [0.5, 0.6) is 0 Å². The molecule has 5 nitrogen and oxygen atoms in total. The lowest BCUT2D eigenvalue weighted by atomic mass is 10.2. The molecule has 6 heteroatoms. The fraction of sp³-hybridized carbons (Fsp3) is 0.733. The zero-order valence-corrected chi connectivity index (χ0v) is 13.9. The van der Waals surface area contributed by atoms with Crippen LogP contribution in [0.1, 0.15) is 50.2 Å². The molecule has 21 heavy (non-hydrogen) atoms. The van der Waals surface area contributed by atoms with Crippen LogP contribution in [-0.4, -0.2) is 20.5 Å². The molecule has 0 amide bonds. The van der Waals surface area contributed by atoms with Gasteiger partial charge in [0.2, 0.25) is 10.0 Å². The first-order chi connectivity index (χ1) is 9.71. The van der Waals surface area contributed by atoms with Gasteiger partial charge in [-0.25, -0.2) is 13.1 Å². The van der Waals surface area contributed by atoms with Crippen LogP contribution in [0.4, 0.5) is 0 Å². The topological polar surface area (TPSA) is 71.3 Å². The number of hydrogen-bond donors (Lipinski definition) is 2. The number of hydrogen-bond acceptors (Lipinski definition) is 4. The summed E-state index contributed by atoms with van der Waals surface area (Å²) in [5, 5.41) is 3.37. The lowest BCUT2D eigenvalue weighted by Gasteiger charge is -2.10. The Hall–Kier alpha value is -0.850. The van der Waals surface area contributed by atoms with E-state index in [0.717, 1.165) is 12.0 Å². The Kier molecular flexibility index (Phi) is 3.46. The van der Waals surface area contributed by atoms with E-state index in [1.807, 2.05) is 6.92 Å². The van der Waals surface area contributed by atoms with Crippen molar-refractivity contribution >= 4 is 10.0 Å². The Morgan fingerprint density at radius 3 is 2.38 bits per heavy atom. The molecule has 1 unspecified atom stereocenters. The molecule has 2 N–H and O–H groups in total. The first-order valence-corrected chi connectivity index (χ1v) is 9.03. The highest BCUT2D eigenvalue weighted by Crippen LogP contribution is 2.45. The molecule has 2 saturated carbocycles. The Morgan fingerprint density at radius 2 is 1.86 bits per heavy atom. The summed E-state index contributed by atoms with van der Waals surface area (Å²) in [6.07, 6.45) is 3.23. The minimum atomic E-state index is -3.52. The van der Waals surface area contributed by atoms with E-state index in [-0.39, 0.29) is 11.5 Å². The number of nitrogens with one attached hydrogen (secondary N) is 2. The minimum Gasteiger partial charge on any atom is -0.465 e. The van der Waals surface area contributed by atoms with Gasteiger partial charge in [-0.1, -0.05) is 13.8 Å². The zero-order valence-electron chi connectivity index (χ0n) is 13.1. The lowest BCUT2D eigenvalue weighted by Crippen LogP contribution is -2.30. The summed E-state index contributed by atoms with van der Waals surface area (Å²) in [6.45, 7) is 8.25. The van der Waals surface area contributed by atoms with Crippen LogP contribution in [0.25, 0.3) is 0 Å². The summed E-state index contributed by atoms with van der Waals surface area (Å²) in [6, 6.07) is 0.562. The molecule has 0 saturated heterocycles. The molecule has 2 fully saturated rings. The third-order valence-corrected chi connectivity index (χ3v) is 6.22. The van der Waals surface area contributed by atoms with Crippen molar-refractivity contribution < 1.29 is 12.8 Å². The normalized spacial score (nSPS) is 24.3. The van der Waals surface area contributed by atoms with Gasteiger partial charge in [0.25, 0.3) is 0 Å². The number of aryl methyl sites for hydroxylation is 2. The standard InChI is InChI=1S/C15H24N2O3S/c1-9-12(8-16-11-5-6-11)14(10(2)20-9)21(18,19)17-13-7-15(13,3)4/h11,13,16-17H,5-8H2,1-4H3. The molecule has 2 aliphatic rings. The number of rotatable bonds is 6. The fourth-order valence-corrected chi connectivity index (χ4v) is 4.57. The van der Waals surface area contributed by atoms with Crippen LogP contribution in [0.3, 0.4) is 0 Å². The molecule has 0 radical (unpaired) electrons. The second-order valence-corrected chi connectivity index (χ2v) is 8.69. The summed E-state index contributed by atoms with van der Waals surface area (Å²) < 4.78 is 33.8. The average molecular weight is 312 g/mol. The largest absolute Gasteiger partial charge is 0.465 e. The van der Waals surface area contributed by atoms with Crippen LogP contribution >= 0.6 is 0 Å². The van der Waals surface area contributed by atoms with Crippen molar-refractivity contribution in [2.45, 2.75) is 70.5 Å². The zero-order chi connectivity index (χ0) is 15.4. The third kappa shape index (κ3) is 3.03. The molecule has 1 heterocycles. The van der Waals surface area contributed by atoms with Crippen LogP contribution in [0.2, 0.25) is 0 Å². The van der Waals surface area contributed by atoms with Crippen molar-refractivity contribution in [1.82, 2.24) is 10.0 Å². The Labute approximate surface area is 126 Å². The maximum Gasteiger partial charge on any atom is 0.244 e. The van der Waals surface area contributed by atoms with Gasteiger partial charge in [0, 0.05) is 24.2 Å². The lowest BCUT2D eigenvalue weighted by molar-refractivity contribution is 0.492. The van der Waals surface area contributed by atoms with Gasteiger partial charge in [-0.2, -0.15) is 0 Å². The Bertz CT molecular complexity index is 657. The van der Waals surface area contributed by atoms with E-state index >= 15 is 0 Å². The maximum atomic E-state index is 12.7. The van der Waals surface area contributed by atoms with Gasteiger partial charge in [-0.15, -0.1) is 0 Å². The van der Waals surface area contributed by atoms with Crippen molar-refractivity contribution in [3.63, 3.8) is 0 Å². The van der Waals surface area contributed by atoms with Crippen molar-refractivity contribution in [3.8, 4) is 0 Å². The molecule has 0 bridgehead atoms. The first kappa shape index (κ1) is 15.1. The molecule has 1 aromatic rings. The quantitative estimate of drug-likeness (QED) is 0.845. The van der Waals surface area contributed by atoms with Crippen molar-refractivity contribution in [2.75, 3.05) is 0 Å².